The predicted molar refractivity (Wildman–Crippen MR) is 59.4 cm³/mol. The van der Waals surface area contributed by atoms with Crippen LogP contribution in [-0.4, -0.2) is 17.6 Å². The molecule has 0 aliphatic carbocycles. The van der Waals surface area contributed by atoms with Crippen molar-refractivity contribution in [3.8, 4) is 0 Å². The number of hydrogen-bond acceptors (Lipinski definition) is 3. The van der Waals surface area contributed by atoms with Crippen LogP contribution in [0, 0.1) is 6.92 Å². The molecule has 0 saturated carbocycles. The van der Waals surface area contributed by atoms with Crippen molar-refractivity contribution in [3.05, 3.63) is 22.2 Å². The van der Waals surface area contributed by atoms with Crippen LogP contribution in [0.5, 0.6) is 0 Å². The molecule has 1 aromatic carbocycles. The second kappa shape index (κ2) is 4.32. The van der Waals surface area contributed by atoms with Gasteiger partial charge in [-0.05, 0) is 40.5 Å². The van der Waals surface area contributed by atoms with E-state index in [0.717, 1.165) is 15.7 Å². The van der Waals surface area contributed by atoms with Gasteiger partial charge >= 0.3 is 5.97 Å². The predicted octanol–water partition coefficient (Wildman–Crippen LogP) is 1.84. The lowest BCUT2D eigenvalue weighted by Crippen LogP contribution is -2.12. The number of benzene rings is 1. The van der Waals surface area contributed by atoms with Crippen molar-refractivity contribution in [2.24, 2.45) is 0 Å². The largest absolute Gasteiger partial charge is 0.480 e. The molecule has 76 valence electrons. The lowest BCUT2D eigenvalue weighted by atomic mass is 10.2. The summed E-state index contributed by atoms with van der Waals surface area (Å²) in [6.07, 6.45) is 0. The average Bonchev–Trinajstić information content (AvgIpc) is 2.09. The molecule has 0 spiro atoms. The molecule has 0 saturated heterocycles. The molecule has 0 radical (unpaired) electrons. The topological polar surface area (TPSA) is 75.3 Å². The highest BCUT2D eigenvalue weighted by atomic mass is 79.9. The van der Waals surface area contributed by atoms with Gasteiger partial charge in [-0.25, -0.2) is 0 Å². The first-order chi connectivity index (χ1) is 6.50. The number of hydrogen-bond donors (Lipinski definition) is 3. The van der Waals surface area contributed by atoms with Gasteiger partial charge < -0.3 is 16.2 Å². The van der Waals surface area contributed by atoms with E-state index < -0.39 is 5.97 Å². The number of rotatable bonds is 3. The van der Waals surface area contributed by atoms with E-state index in [1.807, 2.05) is 13.0 Å². The minimum Gasteiger partial charge on any atom is -0.480 e. The van der Waals surface area contributed by atoms with Crippen molar-refractivity contribution in [2.45, 2.75) is 6.92 Å². The second-order valence-electron chi connectivity index (χ2n) is 2.94. The molecule has 0 amide bonds. The van der Waals surface area contributed by atoms with Crippen LogP contribution >= 0.6 is 15.9 Å². The van der Waals surface area contributed by atoms with Gasteiger partial charge in [0.05, 0.1) is 0 Å². The normalized spacial score (nSPS) is 9.86. The van der Waals surface area contributed by atoms with Crippen LogP contribution in [0.25, 0.3) is 0 Å². The quantitative estimate of drug-likeness (QED) is 0.724. The van der Waals surface area contributed by atoms with Crippen LogP contribution in [0.15, 0.2) is 16.6 Å². The third kappa shape index (κ3) is 2.63. The van der Waals surface area contributed by atoms with E-state index in [4.69, 9.17) is 10.8 Å². The first kappa shape index (κ1) is 10.8. The highest BCUT2D eigenvalue weighted by Gasteiger charge is 2.04. The summed E-state index contributed by atoms with van der Waals surface area (Å²) in [6, 6.07) is 3.56. The summed E-state index contributed by atoms with van der Waals surface area (Å²) < 4.78 is 0.766. The molecule has 0 heterocycles. The van der Waals surface area contributed by atoms with Crippen molar-refractivity contribution in [1.82, 2.24) is 0 Å². The number of nitrogens with two attached hydrogens (primary N) is 1. The van der Waals surface area contributed by atoms with Gasteiger partial charge in [-0.3, -0.25) is 4.79 Å². The highest BCUT2D eigenvalue weighted by Crippen LogP contribution is 2.27. The summed E-state index contributed by atoms with van der Waals surface area (Å²) in [5.41, 5.74) is 8.00. The van der Waals surface area contributed by atoms with Gasteiger partial charge in [-0.15, -0.1) is 0 Å². The van der Waals surface area contributed by atoms with Crippen molar-refractivity contribution in [2.75, 3.05) is 17.6 Å². The van der Waals surface area contributed by atoms with Crippen molar-refractivity contribution < 1.29 is 9.90 Å². The summed E-state index contributed by atoms with van der Waals surface area (Å²) in [5.74, 6) is -0.897. The minimum atomic E-state index is -0.897. The zero-order valence-electron chi connectivity index (χ0n) is 7.67. The fraction of sp³-hybridized carbons (Fsp3) is 0.222. The molecule has 14 heavy (non-hydrogen) atoms. The number of anilines is 2. The van der Waals surface area contributed by atoms with Gasteiger partial charge in [0.2, 0.25) is 0 Å². The SMILES string of the molecule is Cc1cc(NCC(=O)O)c(Br)cc1N. The van der Waals surface area contributed by atoms with Gasteiger partial charge in [-0.1, -0.05) is 0 Å². The van der Waals surface area contributed by atoms with Gasteiger partial charge in [0.15, 0.2) is 0 Å². The molecule has 0 bridgehead atoms. The van der Waals surface area contributed by atoms with Crippen molar-refractivity contribution in [3.63, 3.8) is 0 Å². The van der Waals surface area contributed by atoms with E-state index in [9.17, 15) is 4.79 Å². The summed E-state index contributed by atoms with van der Waals surface area (Å²) in [6.45, 7) is 1.76. The maximum atomic E-state index is 10.3. The van der Waals surface area contributed by atoms with Crippen LogP contribution in [-0.2, 0) is 4.79 Å². The molecule has 0 atom stereocenters. The Morgan fingerprint density at radius 2 is 2.29 bits per heavy atom. The molecular formula is C9H11BrN2O2. The Kier molecular flexibility index (Phi) is 3.35. The van der Waals surface area contributed by atoms with Crippen LogP contribution in [0.4, 0.5) is 11.4 Å². The highest BCUT2D eigenvalue weighted by molar-refractivity contribution is 9.10. The summed E-state index contributed by atoms with van der Waals surface area (Å²) >= 11 is 3.30. The number of nitrogens with one attached hydrogen (secondary N) is 1. The molecule has 0 aromatic heterocycles. The molecular weight excluding hydrogens is 248 g/mol. The maximum absolute atomic E-state index is 10.3. The van der Waals surface area contributed by atoms with Gasteiger partial charge in [0.1, 0.15) is 6.54 Å². The van der Waals surface area contributed by atoms with E-state index in [1.54, 1.807) is 6.07 Å². The first-order valence-corrected chi connectivity index (χ1v) is 4.81. The molecule has 1 aromatic rings. The zero-order chi connectivity index (χ0) is 10.7. The van der Waals surface area contributed by atoms with Crippen LogP contribution in [0.3, 0.4) is 0 Å². The molecule has 0 aliphatic heterocycles. The molecule has 4 N–H and O–H groups in total. The van der Waals surface area contributed by atoms with Crippen molar-refractivity contribution in [1.29, 1.82) is 0 Å². The Balaban J connectivity index is 2.87. The number of halogens is 1. The molecule has 0 unspecified atom stereocenters. The Hall–Kier alpha value is -1.23. The Morgan fingerprint density at radius 3 is 2.86 bits per heavy atom. The Morgan fingerprint density at radius 1 is 1.64 bits per heavy atom. The van der Waals surface area contributed by atoms with Gasteiger partial charge in [0, 0.05) is 15.8 Å². The van der Waals surface area contributed by atoms with E-state index >= 15 is 0 Å². The summed E-state index contributed by atoms with van der Waals surface area (Å²) in [4.78, 5) is 10.3. The fourth-order valence-corrected chi connectivity index (χ4v) is 1.50. The fourth-order valence-electron chi connectivity index (χ4n) is 1.00. The van der Waals surface area contributed by atoms with Crippen LogP contribution in [0.2, 0.25) is 0 Å². The summed E-state index contributed by atoms with van der Waals surface area (Å²) in [7, 11) is 0. The molecule has 0 aliphatic rings. The van der Waals surface area contributed by atoms with E-state index in [-0.39, 0.29) is 6.54 Å². The number of aryl methyl sites for hydroxylation is 1. The number of carboxylic acids is 1. The Labute approximate surface area is 90.2 Å². The summed E-state index contributed by atoms with van der Waals surface area (Å²) in [5, 5.41) is 11.3. The van der Waals surface area contributed by atoms with Gasteiger partial charge in [0.25, 0.3) is 0 Å². The lowest BCUT2D eigenvalue weighted by Gasteiger charge is -2.09. The van der Waals surface area contributed by atoms with E-state index in [1.165, 1.54) is 0 Å². The Bertz CT molecular complexity index is 366. The van der Waals surface area contributed by atoms with Crippen LogP contribution in [0.1, 0.15) is 5.56 Å². The number of aliphatic carboxylic acids is 1. The number of carboxylic acid groups (broad SMARTS) is 1. The molecule has 0 fully saturated rings. The van der Waals surface area contributed by atoms with Gasteiger partial charge in [-0.2, -0.15) is 0 Å². The minimum absolute atomic E-state index is 0.109. The van der Waals surface area contributed by atoms with E-state index in [0.29, 0.717) is 5.69 Å². The third-order valence-corrected chi connectivity index (χ3v) is 2.44. The number of carbonyl (C=O) groups is 1. The van der Waals surface area contributed by atoms with Crippen molar-refractivity contribution >= 4 is 33.3 Å². The maximum Gasteiger partial charge on any atom is 0.322 e. The van der Waals surface area contributed by atoms with Crippen LogP contribution < -0.4 is 11.1 Å². The first-order valence-electron chi connectivity index (χ1n) is 4.02. The standard InChI is InChI=1S/C9H11BrN2O2/c1-5-2-8(12-4-9(13)14)6(10)3-7(5)11/h2-3,12H,4,11H2,1H3,(H,13,14). The monoisotopic (exact) mass is 258 g/mol. The smallest absolute Gasteiger partial charge is 0.322 e. The lowest BCUT2D eigenvalue weighted by molar-refractivity contribution is -0.134. The molecule has 1 rings (SSSR count). The molecule has 5 heteroatoms. The molecule has 4 nitrogen and oxygen atoms in total. The zero-order valence-corrected chi connectivity index (χ0v) is 9.26. The second-order valence-corrected chi connectivity index (χ2v) is 3.79. The number of nitrogen functional groups attached to an aromatic ring is 1. The van der Waals surface area contributed by atoms with E-state index in [2.05, 4.69) is 21.2 Å². The third-order valence-electron chi connectivity index (χ3n) is 1.79. The average molecular weight is 259 g/mol.